The van der Waals surface area contributed by atoms with Gasteiger partial charge in [0, 0.05) is 11.9 Å². The number of aryl methyl sites for hydroxylation is 2. The van der Waals surface area contributed by atoms with Crippen LogP contribution in [0.5, 0.6) is 0 Å². The van der Waals surface area contributed by atoms with Crippen LogP contribution in [-0.4, -0.2) is 21.1 Å². The van der Waals surface area contributed by atoms with E-state index in [9.17, 15) is 0 Å². The number of imidazole rings is 1. The first-order valence-corrected chi connectivity index (χ1v) is 5.67. The predicted octanol–water partition coefficient (Wildman–Crippen LogP) is 1.35. The molecular formula is C10H14N4S. The summed E-state index contributed by atoms with van der Waals surface area (Å²) in [7, 11) is 1.97. The minimum Gasteiger partial charge on any atom is -0.332 e. The number of rotatable bonds is 3. The molecule has 0 aliphatic carbocycles. The van der Waals surface area contributed by atoms with Crippen molar-refractivity contribution >= 4 is 11.3 Å². The molecule has 0 unspecified atom stereocenters. The van der Waals surface area contributed by atoms with Gasteiger partial charge < -0.3 is 10.3 Å². The Labute approximate surface area is 92.8 Å². The second-order valence-electron chi connectivity index (χ2n) is 3.46. The minimum atomic E-state index is 0.674. The lowest BCUT2D eigenvalue weighted by Crippen LogP contribution is -2.01. The Morgan fingerprint density at radius 2 is 2.33 bits per heavy atom. The second kappa shape index (κ2) is 4.12. The number of nitrogens with zero attached hydrogens (tertiary/aromatic N) is 3. The van der Waals surface area contributed by atoms with Gasteiger partial charge >= 0.3 is 0 Å². The fourth-order valence-electron chi connectivity index (χ4n) is 1.46. The zero-order valence-electron chi connectivity index (χ0n) is 8.90. The lowest BCUT2D eigenvalue weighted by Gasteiger charge is -1.95. The molecule has 80 valence electrons. The van der Waals surface area contributed by atoms with Gasteiger partial charge in [-0.15, -0.1) is 11.3 Å². The highest BCUT2D eigenvalue weighted by Crippen LogP contribution is 2.27. The van der Waals surface area contributed by atoms with Crippen molar-refractivity contribution in [2.45, 2.75) is 13.3 Å². The number of hydrogen-bond acceptors (Lipinski definition) is 4. The van der Waals surface area contributed by atoms with Crippen LogP contribution in [0, 0.1) is 6.92 Å². The van der Waals surface area contributed by atoms with E-state index >= 15 is 0 Å². The van der Waals surface area contributed by atoms with Crippen molar-refractivity contribution in [2.24, 2.45) is 12.8 Å². The van der Waals surface area contributed by atoms with Gasteiger partial charge in [-0.05, 0) is 19.9 Å². The molecular weight excluding hydrogens is 208 g/mol. The largest absolute Gasteiger partial charge is 0.332 e. The van der Waals surface area contributed by atoms with Gasteiger partial charge in [0.2, 0.25) is 0 Å². The first-order valence-electron chi connectivity index (χ1n) is 4.85. The number of nitrogens with two attached hydrogens (primary N) is 1. The van der Waals surface area contributed by atoms with E-state index in [4.69, 9.17) is 5.73 Å². The monoisotopic (exact) mass is 222 g/mol. The molecule has 15 heavy (non-hydrogen) atoms. The van der Waals surface area contributed by atoms with E-state index in [-0.39, 0.29) is 0 Å². The van der Waals surface area contributed by atoms with E-state index in [2.05, 4.69) is 9.97 Å². The molecule has 5 heteroatoms. The molecule has 0 aliphatic heterocycles. The summed E-state index contributed by atoms with van der Waals surface area (Å²) in [4.78, 5) is 9.89. The summed E-state index contributed by atoms with van der Waals surface area (Å²) in [6.07, 6.45) is 4.53. The van der Waals surface area contributed by atoms with Crippen LogP contribution >= 0.6 is 11.3 Å². The van der Waals surface area contributed by atoms with Crippen molar-refractivity contribution in [3.8, 4) is 10.7 Å². The maximum Gasteiger partial charge on any atom is 0.142 e. The molecule has 2 aromatic rings. The molecule has 0 amide bonds. The SMILES string of the molecule is Cc1nc(-c2cncn2C)sc1CCN. The molecule has 4 nitrogen and oxygen atoms in total. The Morgan fingerprint density at radius 1 is 1.53 bits per heavy atom. The average Bonchev–Trinajstić information content (AvgIpc) is 2.75. The van der Waals surface area contributed by atoms with Gasteiger partial charge in [-0.1, -0.05) is 0 Å². The third kappa shape index (κ3) is 1.93. The zero-order chi connectivity index (χ0) is 10.8. The molecule has 0 saturated carbocycles. The van der Waals surface area contributed by atoms with Crippen LogP contribution in [0.3, 0.4) is 0 Å². The first-order chi connectivity index (χ1) is 7.22. The van der Waals surface area contributed by atoms with Crippen LogP contribution < -0.4 is 5.73 Å². The van der Waals surface area contributed by atoms with E-state index in [1.165, 1.54) is 4.88 Å². The summed E-state index contributed by atoms with van der Waals surface area (Å²) in [5.41, 5.74) is 7.69. The van der Waals surface area contributed by atoms with Crippen LogP contribution in [0.4, 0.5) is 0 Å². The third-order valence-electron chi connectivity index (χ3n) is 2.30. The third-order valence-corrected chi connectivity index (χ3v) is 3.54. The normalized spacial score (nSPS) is 10.9. The molecule has 2 heterocycles. The number of hydrogen-bond donors (Lipinski definition) is 1. The minimum absolute atomic E-state index is 0.674. The summed E-state index contributed by atoms with van der Waals surface area (Å²) in [5.74, 6) is 0. The van der Waals surface area contributed by atoms with Gasteiger partial charge in [0.05, 0.1) is 23.9 Å². The lowest BCUT2D eigenvalue weighted by atomic mass is 10.3. The van der Waals surface area contributed by atoms with Crippen molar-refractivity contribution in [3.63, 3.8) is 0 Å². The van der Waals surface area contributed by atoms with Crippen molar-refractivity contribution in [1.82, 2.24) is 14.5 Å². The van der Waals surface area contributed by atoms with E-state index < -0.39 is 0 Å². The van der Waals surface area contributed by atoms with Crippen molar-refractivity contribution in [3.05, 3.63) is 23.1 Å². The summed E-state index contributed by atoms with van der Waals surface area (Å²) >= 11 is 1.70. The first kappa shape index (κ1) is 10.3. The van der Waals surface area contributed by atoms with E-state index in [0.717, 1.165) is 22.8 Å². The Balaban J connectivity index is 2.38. The number of aromatic nitrogens is 3. The van der Waals surface area contributed by atoms with Crippen molar-refractivity contribution in [1.29, 1.82) is 0 Å². The summed E-state index contributed by atoms with van der Waals surface area (Å²) < 4.78 is 1.98. The molecule has 2 N–H and O–H groups in total. The highest BCUT2D eigenvalue weighted by molar-refractivity contribution is 7.15. The van der Waals surface area contributed by atoms with E-state index in [0.29, 0.717) is 6.54 Å². The van der Waals surface area contributed by atoms with Gasteiger partial charge in [-0.25, -0.2) is 9.97 Å². The summed E-state index contributed by atoms with van der Waals surface area (Å²) in [6.45, 7) is 2.70. The van der Waals surface area contributed by atoms with Crippen LogP contribution in [0.2, 0.25) is 0 Å². The Kier molecular flexibility index (Phi) is 2.83. The fraction of sp³-hybridized carbons (Fsp3) is 0.400. The van der Waals surface area contributed by atoms with E-state index in [1.807, 2.05) is 24.7 Å². The van der Waals surface area contributed by atoms with E-state index in [1.54, 1.807) is 17.7 Å². The van der Waals surface area contributed by atoms with Gasteiger partial charge in [0.15, 0.2) is 0 Å². The smallest absolute Gasteiger partial charge is 0.142 e. The molecule has 0 fully saturated rings. The predicted molar refractivity (Wildman–Crippen MR) is 61.8 cm³/mol. The van der Waals surface area contributed by atoms with Gasteiger partial charge in [-0.2, -0.15) is 0 Å². The Bertz CT molecular complexity index is 458. The van der Waals surface area contributed by atoms with Crippen LogP contribution in [0.25, 0.3) is 10.7 Å². The topological polar surface area (TPSA) is 56.7 Å². The lowest BCUT2D eigenvalue weighted by molar-refractivity contribution is 0.918. The highest BCUT2D eigenvalue weighted by Gasteiger charge is 2.10. The molecule has 2 aromatic heterocycles. The summed E-state index contributed by atoms with van der Waals surface area (Å²) in [6, 6.07) is 0. The average molecular weight is 222 g/mol. The maximum atomic E-state index is 5.55. The Morgan fingerprint density at radius 3 is 2.93 bits per heavy atom. The highest BCUT2D eigenvalue weighted by atomic mass is 32.1. The maximum absolute atomic E-state index is 5.55. The Hall–Kier alpha value is -1.20. The van der Waals surface area contributed by atoms with Gasteiger partial charge in [0.25, 0.3) is 0 Å². The zero-order valence-corrected chi connectivity index (χ0v) is 9.71. The number of thiazole rings is 1. The molecule has 0 aliphatic rings. The van der Waals surface area contributed by atoms with Crippen molar-refractivity contribution < 1.29 is 0 Å². The molecule has 2 rings (SSSR count). The summed E-state index contributed by atoms with van der Waals surface area (Å²) in [5, 5.41) is 1.02. The molecule has 0 spiro atoms. The standard InChI is InChI=1S/C10H14N4S/c1-7-9(3-4-11)15-10(13-7)8-5-12-6-14(8)2/h5-6H,3-4,11H2,1-2H3. The van der Waals surface area contributed by atoms with Crippen LogP contribution in [0.15, 0.2) is 12.5 Å². The van der Waals surface area contributed by atoms with Crippen LogP contribution in [-0.2, 0) is 13.5 Å². The van der Waals surface area contributed by atoms with Crippen molar-refractivity contribution in [2.75, 3.05) is 6.54 Å². The molecule has 0 aromatic carbocycles. The van der Waals surface area contributed by atoms with Crippen LogP contribution in [0.1, 0.15) is 10.6 Å². The van der Waals surface area contributed by atoms with Gasteiger partial charge in [-0.3, -0.25) is 0 Å². The quantitative estimate of drug-likeness (QED) is 0.853. The fourth-order valence-corrected chi connectivity index (χ4v) is 2.59. The molecule has 0 radical (unpaired) electrons. The van der Waals surface area contributed by atoms with Gasteiger partial charge in [0.1, 0.15) is 5.01 Å². The molecule has 0 bridgehead atoms. The molecule has 0 atom stereocenters. The second-order valence-corrected chi connectivity index (χ2v) is 4.54. The molecule has 0 saturated heterocycles.